The Labute approximate surface area is 214 Å². The maximum absolute atomic E-state index is 14.0. The van der Waals surface area contributed by atoms with Gasteiger partial charge >= 0.3 is 5.97 Å². The average molecular weight is 502 g/mol. The van der Waals surface area contributed by atoms with E-state index in [-0.39, 0.29) is 17.7 Å². The van der Waals surface area contributed by atoms with Crippen LogP contribution in [-0.4, -0.2) is 51.6 Å². The van der Waals surface area contributed by atoms with Crippen LogP contribution in [0.4, 0.5) is 4.39 Å². The minimum absolute atomic E-state index is 0.00175. The molecule has 0 aromatic heterocycles. The predicted octanol–water partition coefficient (Wildman–Crippen LogP) is 5.01. The Balaban J connectivity index is 1.68. The van der Waals surface area contributed by atoms with E-state index < -0.39 is 17.5 Å². The molecule has 3 unspecified atom stereocenters. The summed E-state index contributed by atoms with van der Waals surface area (Å²) in [7, 11) is 4.73. The van der Waals surface area contributed by atoms with Gasteiger partial charge in [0.15, 0.2) is 17.6 Å². The van der Waals surface area contributed by atoms with Crippen molar-refractivity contribution in [1.82, 2.24) is 5.32 Å². The quantitative estimate of drug-likeness (QED) is 0.376. The van der Waals surface area contributed by atoms with Gasteiger partial charge in [0.05, 0.1) is 14.2 Å². The molecule has 36 heavy (non-hydrogen) atoms. The van der Waals surface area contributed by atoms with Crippen LogP contribution in [0, 0.1) is 17.7 Å². The van der Waals surface area contributed by atoms with Crippen molar-refractivity contribution in [3.8, 4) is 11.5 Å². The number of nitrogens with one attached hydrogen (secondary N) is 1. The molecule has 0 radical (unpaired) electrons. The molecule has 2 aromatic carbocycles. The lowest BCUT2D eigenvalue weighted by Gasteiger charge is -2.51. The molecule has 0 fully saturated rings. The fourth-order valence-electron chi connectivity index (χ4n) is 6.16. The standard InChI is InChI=1S/C29H40FNO5/c1-19(2)29(27(36-5)28(32)33)22(10-9-21-18-23(30)11-12-24(21)29)14-16-31-15-6-7-20-8-13-25(34-3)26(17-20)35-4/h8,11-13,17-19,22,27,31H,6-7,9-10,14-16H2,1-5H3,(H,32,33). The van der Waals surface area contributed by atoms with Crippen LogP contribution in [-0.2, 0) is 27.8 Å². The van der Waals surface area contributed by atoms with E-state index in [4.69, 9.17) is 14.2 Å². The highest BCUT2D eigenvalue weighted by molar-refractivity contribution is 5.75. The molecule has 7 heteroatoms. The summed E-state index contributed by atoms with van der Waals surface area (Å²) in [4.78, 5) is 12.4. The van der Waals surface area contributed by atoms with Crippen LogP contribution in [0.1, 0.15) is 49.8 Å². The van der Waals surface area contributed by atoms with Gasteiger partial charge in [-0.05, 0) is 98.0 Å². The van der Waals surface area contributed by atoms with Gasteiger partial charge in [0, 0.05) is 12.5 Å². The Morgan fingerprint density at radius 1 is 1.11 bits per heavy atom. The molecule has 1 aliphatic rings. The van der Waals surface area contributed by atoms with Crippen molar-refractivity contribution in [1.29, 1.82) is 0 Å². The number of hydrogen-bond acceptors (Lipinski definition) is 5. The third-order valence-corrected chi connectivity index (χ3v) is 7.76. The molecular weight excluding hydrogens is 461 g/mol. The molecule has 2 N–H and O–H groups in total. The molecule has 1 aliphatic carbocycles. The highest BCUT2D eigenvalue weighted by Crippen LogP contribution is 2.51. The monoisotopic (exact) mass is 501 g/mol. The summed E-state index contributed by atoms with van der Waals surface area (Å²) >= 11 is 0. The highest BCUT2D eigenvalue weighted by atomic mass is 19.1. The van der Waals surface area contributed by atoms with E-state index in [9.17, 15) is 14.3 Å². The van der Waals surface area contributed by atoms with Gasteiger partial charge in [-0.2, -0.15) is 0 Å². The number of aryl methyl sites for hydroxylation is 2. The Kier molecular flexibility index (Phi) is 9.74. The maximum Gasteiger partial charge on any atom is 0.333 e. The van der Waals surface area contributed by atoms with Crippen molar-refractivity contribution in [3.63, 3.8) is 0 Å². The lowest BCUT2D eigenvalue weighted by atomic mass is 9.54. The van der Waals surface area contributed by atoms with Gasteiger partial charge < -0.3 is 24.6 Å². The number of carboxylic acids is 1. The van der Waals surface area contributed by atoms with Crippen LogP contribution in [0.2, 0.25) is 0 Å². The normalized spacial score (nSPS) is 20.1. The number of benzene rings is 2. The number of rotatable bonds is 13. The number of carboxylic acid groups (broad SMARTS) is 1. The third kappa shape index (κ3) is 5.68. The lowest BCUT2D eigenvalue weighted by molar-refractivity contribution is -0.158. The molecule has 3 atom stereocenters. The smallest absolute Gasteiger partial charge is 0.333 e. The molecular formula is C29H40FNO5. The Morgan fingerprint density at radius 3 is 2.50 bits per heavy atom. The second-order valence-electron chi connectivity index (χ2n) is 9.91. The van der Waals surface area contributed by atoms with Gasteiger partial charge in [-0.25, -0.2) is 9.18 Å². The molecule has 198 valence electrons. The summed E-state index contributed by atoms with van der Waals surface area (Å²) < 4.78 is 30.4. The summed E-state index contributed by atoms with van der Waals surface area (Å²) in [6.07, 6.45) is 3.23. The van der Waals surface area contributed by atoms with E-state index in [0.29, 0.717) is 0 Å². The van der Waals surface area contributed by atoms with E-state index in [2.05, 4.69) is 25.2 Å². The zero-order valence-corrected chi connectivity index (χ0v) is 22.1. The zero-order valence-electron chi connectivity index (χ0n) is 22.1. The molecule has 0 aliphatic heterocycles. The van der Waals surface area contributed by atoms with Crippen LogP contribution < -0.4 is 14.8 Å². The maximum atomic E-state index is 14.0. The van der Waals surface area contributed by atoms with E-state index in [1.54, 1.807) is 26.4 Å². The van der Waals surface area contributed by atoms with Crippen molar-refractivity contribution >= 4 is 5.97 Å². The molecule has 0 amide bonds. The van der Waals surface area contributed by atoms with Gasteiger partial charge in [-0.3, -0.25) is 0 Å². The fraction of sp³-hybridized carbons (Fsp3) is 0.552. The molecule has 0 heterocycles. The number of halogens is 1. The summed E-state index contributed by atoms with van der Waals surface area (Å²) in [6, 6.07) is 10.8. The highest BCUT2D eigenvalue weighted by Gasteiger charge is 2.54. The van der Waals surface area contributed by atoms with Crippen LogP contribution in [0.25, 0.3) is 0 Å². The molecule has 2 aromatic rings. The van der Waals surface area contributed by atoms with Gasteiger partial charge in [0.1, 0.15) is 5.82 Å². The summed E-state index contributed by atoms with van der Waals surface area (Å²) in [5.41, 5.74) is 2.26. The molecule has 6 nitrogen and oxygen atoms in total. The Hall–Kier alpha value is -2.64. The molecule has 0 saturated carbocycles. The second-order valence-corrected chi connectivity index (χ2v) is 9.91. The van der Waals surface area contributed by atoms with Gasteiger partial charge in [0.25, 0.3) is 0 Å². The van der Waals surface area contributed by atoms with Gasteiger partial charge in [-0.1, -0.05) is 26.0 Å². The number of aliphatic carboxylic acids is 1. The fourth-order valence-corrected chi connectivity index (χ4v) is 6.16. The van der Waals surface area contributed by atoms with E-state index in [1.165, 1.54) is 18.7 Å². The first-order valence-corrected chi connectivity index (χ1v) is 12.8. The van der Waals surface area contributed by atoms with Crippen LogP contribution in [0.15, 0.2) is 36.4 Å². The molecule has 3 rings (SSSR count). The van der Waals surface area contributed by atoms with Crippen molar-refractivity contribution in [3.05, 3.63) is 58.9 Å². The Morgan fingerprint density at radius 2 is 1.86 bits per heavy atom. The van der Waals surface area contributed by atoms with Crippen molar-refractivity contribution < 1.29 is 28.5 Å². The van der Waals surface area contributed by atoms with E-state index in [0.717, 1.165) is 67.8 Å². The topological polar surface area (TPSA) is 77.0 Å². The summed E-state index contributed by atoms with van der Waals surface area (Å²) in [5, 5.41) is 13.7. The first-order valence-electron chi connectivity index (χ1n) is 12.8. The molecule has 0 saturated heterocycles. The van der Waals surface area contributed by atoms with E-state index in [1.807, 2.05) is 12.1 Å². The average Bonchev–Trinajstić information content (AvgIpc) is 2.86. The second kappa shape index (κ2) is 12.5. The number of fused-ring (bicyclic) bond motifs is 1. The number of carbonyl (C=O) groups is 1. The lowest BCUT2D eigenvalue weighted by Crippen LogP contribution is -2.56. The third-order valence-electron chi connectivity index (χ3n) is 7.76. The minimum atomic E-state index is -1.00. The summed E-state index contributed by atoms with van der Waals surface area (Å²) in [5.74, 6) is 0.284. The first kappa shape index (κ1) is 27.9. The van der Waals surface area contributed by atoms with Crippen molar-refractivity contribution in [2.75, 3.05) is 34.4 Å². The van der Waals surface area contributed by atoms with E-state index >= 15 is 0 Å². The van der Waals surface area contributed by atoms with Crippen molar-refractivity contribution in [2.45, 2.75) is 57.5 Å². The Bertz CT molecular complexity index is 1030. The predicted molar refractivity (Wildman–Crippen MR) is 139 cm³/mol. The molecule has 0 bridgehead atoms. The number of hydrogen-bond donors (Lipinski definition) is 2. The largest absolute Gasteiger partial charge is 0.493 e. The van der Waals surface area contributed by atoms with Gasteiger partial charge in [0.2, 0.25) is 0 Å². The van der Waals surface area contributed by atoms with Gasteiger partial charge in [-0.15, -0.1) is 0 Å². The summed E-state index contributed by atoms with van der Waals surface area (Å²) in [6.45, 7) is 5.73. The van der Waals surface area contributed by atoms with Crippen LogP contribution in [0.3, 0.4) is 0 Å². The first-order chi connectivity index (χ1) is 17.3. The number of methoxy groups -OCH3 is 3. The SMILES string of the molecule is COc1ccc(CCCNCCC2CCc3cc(F)ccc3C2(C(C)C)C(OC)C(=O)O)cc1OC. The number of ether oxygens (including phenoxy) is 3. The molecule has 0 spiro atoms. The van der Waals surface area contributed by atoms with Crippen LogP contribution in [0.5, 0.6) is 11.5 Å². The van der Waals surface area contributed by atoms with Crippen LogP contribution >= 0.6 is 0 Å². The zero-order chi connectivity index (χ0) is 26.3. The minimum Gasteiger partial charge on any atom is -0.493 e. The van der Waals surface area contributed by atoms with Crippen molar-refractivity contribution in [2.24, 2.45) is 11.8 Å².